The molecule has 2 aromatic carbocycles. The van der Waals surface area contributed by atoms with Crippen molar-refractivity contribution in [3.8, 4) is 22.6 Å². The Morgan fingerprint density at radius 2 is 1.60 bits per heavy atom. The second kappa shape index (κ2) is 8.31. The van der Waals surface area contributed by atoms with E-state index >= 15 is 0 Å². The summed E-state index contributed by atoms with van der Waals surface area (Å²) in [5.74, 6) is 0.802. The number of allylic oxidation sites excluding steroid dienone is 1. The zero-order chi connectivity index (χ0) is 21.1. The molecule has 2 aliphatic rings. The van der Waals surface area contributed by atoms with Gasteiger partial charge in [-0.05, 0) is 54.1 Å². The fraction of sp³-hybridized carbons (Fsp3) is 0.0769. The van der Waals surface area contributed by atoms with E-state index in [0.717, 1.165) is 11.1 Å². The van der Waals surface area contributed by atoms with Gasteiger partial charge in [-0.25, -0.2) is 0 Å². The highest BCUT2D eigenvalue weighted by atomic mass is 16.3. The molecule has 4 rings (SSSR count). The molecule has 2 aromatic rings. The second-order valence-corrected chi connectivity index (χ2v) is 7.37. The quantitative estimate of drug-likeness (QED) is 0.408. The van der Waals surface area contributed by atoms with Gasteiger partial charge < -0.3 is 9.32 Å². The molecule has 0 saturated heterocycles. The summed E-state index contributed by atoms with van der Waals surface area (Å²) in [6.07, 6.45) is 3.36. The second-order valence-electron chi connectivity index (χ2n) is 7.37. The molecule has 0 saturated carbocycles. The van der Waals surface area contributed by atoms with Gasteiger partial charge in [0, 0.05) is 22.8 Å². The van der Waals surface area contributed by atoms with Gasteiger partial charge in [-0.3, -0.25) is 9.59 Å². The van der Waals surface area contributed by atoms with Crippen LogP contribution in [0.4, 0.5) is 5.69 Å². The van der Waals surface area contributed by atoms with Crippen LogP contribution in [0.3, 0.4) is 0 Å². The highest BCUT2D eigenvalue weighted by Crippen LogP contribution is 2.32. The average Bonchev–Trinajstić information content (AvgIpc) is 2.77. The standard InChI is InChI=1S/C26H21NO3/c1-27(2)20-11-8-18(9-12-20)10-15-24(29)23-17-25(19-6-4-3-5-7-19)30-26-16-21(28)13-14-22(23)26/h3-17H,1-2H3/p+1/b15-10+. The summed E-state index contributed by atoms with van der Waals surface area (Å²) in [4.78, 5) is 26.1. The van der Waals surface area contributed by atoms with Gasteiger partial charge in [0.2, 0.25) is 0 Å². The summed E-state index contributed by atoms with van der Waals surface area (Å²) >= 11 is 0. The molecule has 0 unspecified atom stereocenters. The van der Waals surface area contributed by atoms with E-state index in [1.165, 1.54) is 22.7 Å². The Morgan fingerprint density at radius 1 is 0.867 bits per heavy atom. The molecule has 0 spiro atoms. The fourth-order valence-corrected chi connectivity index (χ4v) is 3.30. The predicted octanol–water partition coefficient (Wildman–Crippen LogP) is 4.08. The van der Waals surface area contributed by atoms with Crippen LogP contribution < -0.4 is 10.3 Å². The van der Waals surface area contributed by atoms with Gasteiger partial charge in [0.25, 0.3) is 0 Å². The highest BCUT2D eigenvalue weighted by molar-refractivity contribution is 6.11. The van der Waals surface area contributed by atoms with Crippen LogP contribution in [0.5, 0.6) is 0 Å². The number of fused-ring (bicyclic) bond motifs is 1. The van der Waals surface area contributed by atoms with Crippen LogP contribution in [0.1, 0.15) is 15.9 Å². The van der Waals surface area contributed by atoms with Crippen molar-refractivity contribution >= 4 is 17.5 Å². The molecule has 0 aromatic heterocycles. The van der Waals surface area contributed by atoms with E-state index in [0.29, 0.717) is 22.6 Å². The summed E-state index contributed by atoms with van der Waals surface area (Å²) in [5.41, 5.74) is 3.93. The van der Waals surface area contributed by atoms with Crippen molar-refractivity contribution in [3.05, 3.63) is 106 Å². The maximum absolute atomic E-state index is 13.1. The fourth-order valence-electron chi connectivity index (χ4n) is 3.30. The zero-order valence-corrected chi connectivity index (χ0v) is 16.9. The van der Waals surface area contributed by atoms with Gasteiger partial charge in [0.05, 0.1) is 14.1 Å². The van der Waals surface area contributed by atoms with Crippen molar-refractivity contribution in [1.29, 1.82) is 0 Å². The third-order valence-electron chi connectivity index (χ3n) is 4.98. The number of nitrogens with one attached hydrogen (secondary N) is 1. The highest BCUT2D eigenvalue weighted by Gasteiger charge is 2.18. The molecule has 1 heterocycles. The Labute approximate surface area is 175 Å². The smallest absolute Gasteiger partial charge is 0.186 e. The monoisotopic (exact) mass is 396 g/mol. The first-order valence-corrected chi connectivity index (χ1v) is 9.77. The maximum atomic E-state index is 13.1. The molecular weight excluding hydrogens is 374 g/mol. The van der Waals surface area contributed by atoms with Crippen LogP contribution in [-0.4, -0.2) is 19.9 Å². The van der Waals surface area contributed by atoms with Crippen molar-refractivity contribution in [2.24, 2.45) is 0 Å². The number of quaternary nitrogens is 1. The van der Waals surface area contributed by atoms with Crippen molar-refractivity contribution in [3.63, 3.8) is 0 Å². The summed E-state index contributed by atoms with van der Waals surface area (Å²) in [7, 11) is 4.13. The van der Waals surface area contributed by atoms with Crippen molar-refractivity contribution < 1.29 is 14.1 Å². The number of hydrogen-bond acceptors (Lipinski definition) is 3. The molecule has 0 fully saturated rings. The van der Waals surface area contributed by atoms with Gasteiger partial charge in [0.15, 0.2) is 11.2 Å². The summed E-state index contributed by atoms with van der Waals surface area (Å²) in [6, 6.07) is 23.9. The molecule has 1 aliphatic carbocycles. The number of benzene rings is 3. The maximum Gasteiger partial charge on any atom is 0.186 e. The Morgan fingerprint density at radius 3 is 2.30 bits per heavy atom. The predicted molar refractivity (Wildman–Crippen MR) is 119 cm³/mol. The average molecular weight is 396 g/mol. The summed E-state index contributed by atoms with van der Waals surface area (Å²) < 4.78 is 5.94. The van der Waals surface area contributed by atoms with E-state index in [9.17, 15) is 9.59 Å². The molecule has 148 valence electrons. The largest absolute Gasteiger partial charge is 0.456 e. The minimum Gasteiger partial charge on any atom is -0.456 e. The van der Waals surface area contributed by atoms with Crippen LogP contribution in [0.25, 0.3) is 28.7 Å². The van der Waals surface area contributed by atoms with Crippen molar-refractivity contribution in [2.45, 2.75) is 0 Å². The molecule has 1 N–H and O–H groups in total. The molecule has 0 atom stereocenters. The van der Waals surface area contributed by atoms with Crippen molar-refractivity contribution in [2.75, 3.05) is 14.1 Å². The van der Waals surface area contributed by atoms with E-state index in [4.69, 9.17) is 4.42 Å². The lowest BCUT2D eigenvalue weighted by Crippen LogP contribution is -3.00. The molecule has 30 heavy (non-hydrogen) atoms. The first-order chi connectivity index (χ1) is 14.5. The lowest BCUT2D eigenvalue weighted by molar-refractivity contribution is -0.786. The lowest BCUT2D eigenvalue weighted by Gasteiger charge is -2.12. The molecular formula is C26H22NO3+. The van der Waals surface area contributed by atoms with Gasteiger partial charge >= 0.3 is 0 Å². The van der Waals surface area contributed by atoms with Gasteiger partial charge in [-0.1, -0.05) is 36.4 Å². The summed E-state index contributed by atoms with van der Waals surface area (Å²) in [6.45, 7) is 0. The minimum atomic E-state index is -0.159. The van der Waals surface area contributed by atoms with Gasteiger partial charge in [-0.15, -0.1) is 0 Å². The van der Waals surface area contributed by atoms with Gasteiger partial charge in [-0.2, -0.15) is 0 Å². The van der Waals surface area contributed by atoms with Gasteiger partial charge in [0.1, 0.15) is 17.2 Å². The van der Waals surface area contributed by atoms with Crippen LogP contribution in [0.15, 0.2) is 94.2 Å². The van der Waals surface area contributed by atoms with E-state index < -0.39 is 0 Å². The SMILES string of the molecule is C[NH+](C)c1ccc(/C=C/C(=O)c2cc(-c3ccccc3)oc3cc(=O)ccc2-3)cc1. The number of rotatable bonds is 5. The Hall–Kier alpha value is -3.76. The Kier molecular flexibility index (Phi) is 5.42. The Balaban J connectivity index is 1.73. The van der Waals surface area contributed by atoms with E-state index in [1.807, 2.05) is 54.6 Å². The first kappa shape index (κ1) is 19.6. The molecule has 4 nitrogen and oxygen atoms in total. The van der Waals surface area contributed by atoms with E-state index in [1.54, 1.807) is 24.3 Å². The lowest BCUT2D eigenvalue weighted by atomic mass is 9.98. The molecule has 0 radical (unpaired) electrons. The third kappa shape index (κ3) is 4.14. The Bertz CT molecular complexity index is 1240. The number of carbonyl (C=O) groups excluding carboxylic acids is 1. The van der Waals surface area contributed by atoms with Crippen LogP contribution in [0.2, 0.25) is 0 Å². The number of carbonyl (C=O) groups is 1. The summed E-state index contributed by atoms with van der Waals surface area (Å²) in [5, 5.41) is 0. The van der Waals surface area contributed by atoms with E-state index in [2.05, 4.69) is 14.1 Å². The number of ketones is 1. The van der Waals surface area contributed by atoms with Crippen LogP contribution in [0, 0.1) is 0 Å². The minimum absolute atomic E-state index is 0.144. The number of hydrogen-bond donors (Lipinski definition) is 1. The molecule has 1 aliphatic heterocycles. The zero-order valence-electron chi connectivity index (χ0n) is 16.9. The van der Waals surface area contributed by atoms with Crippen molar-refractivity contribution in [1.82, 2.24) is 0 Å². The third-order valence-corrected chi connectivity index (χ3v) is 4.98. The molecule has 4 heteroatoms. The first-order valence-electron chi connectivity index (χ1n) is 9.77. The molecule has 0 amide bonds. The van der Waals surface area contributed by atoms with E-state index in [-0.39, 0.29) is 11.2 Å². The van der Waals surface area contributed by atoms with Crippen LogP contribution in [-0.2, 0) is 0 Å². The van der Waals surface area contributed by atoms with Crippen LogP contribution >= 0.6 is 0 Å². The molecule has 0 bridgehead atoms. The normalized spacial score (nSPS) is 11.4. The topological polar surface area (TPSA) is 51.7 Å².